The van der Waals surface area contributed by atoms with E-state index in [9.17, 15) is 5.11 Å². The molecule has 0 heterocycles. The van der Waals surface area contributed by atoms with Gasteiger partial charge in [-0.1, -0.05) is 12.1 Å². The van der Waals surface area contributed by atoms with Crippen molar-refractivity contribution in [1.29, 1.82) is 0 Å². The van der Waals surface area contributed by atoms with E-state index in [1.807, 2.05) is 38.1 Å². The molecule has 1 aromatic carbocycles. The molecule has 0 saturated heterocycles. The fourth-order valence-electron chi connectivity index (χ4n) is 1.10. The first-order valence-corrected chi connectivity index (χ1v) is 4.54. The summed E-state index contributed by atoms with van der Waals surface area (Å²) in [7, 11) is 0. The molecule has 13 heavy (non-hydrogen) atoms. The lowest BCUT2D eigenvalue weighted by Crippen LogP contribution is -2.05. The molecule has 1 atom stereocenters. The van der Waals surface area contributed by atoms with Crippen molar-refractivity contribution in [2.45, 2.75) is 33.0 Å². The van der Waals surface area contributed by atoms with E-state index in [1.165, 1.54) is 0 Å². The quantitative estimate of drug-likeness (QED) is 0.774. The van der Waals surface area contributed by atoms with Crippen LogP contribution >= 0.6 is 0 Å². The van der Waals surface area contributed by atoms with E-state index < -0.39 is 6.10 Å². The van der Waals surface area contributed by atoms with Gasteiger partial charge in [-0.3, -0.25) is 0 Å². The Bertz CT molecular complexity index is 249. The maximum atomic E-state index is 9.26. The molecule has 0 aromatic heterocycles. The van der Waals surface area contributed by atoms with Crippen LogP contribution in [0.2, 0.25) is 0 Å². The standard InChI is InChI=1S/C11H16O2/c1-8(2)13-11-6-4-10(5-7-11)9(3)12/h4-9,12H,1-3H3. The van der Waals surface area contributed by atoms with Crippen molar-refractivity contribution in [3.63, 3.8) is 0 Å². The second kappa shape index (κ2) is 4.28. The van der Waals surface area contributed by atoms with Gasteiger partial charge < -0.3 is 9.84 Å². The molecule has 0 fully saturated rings. The molecule has 0 aliphatic carbocycles. The molecule has 1 rings (SSSR count). The first kappa shape index (κ1) is 10.1. The van der Waals surface area contributed by atoms with Crippen LogP contribution in [0.25, 0.3) is 0 Å². The maximum absolute atomic E-state index is 9.26. The lowest BCUT2D eigenvalue weighted by Gasteiger charge is -2.10. The predicted molar refractivity (Wildman–Crippen MR) is 52.8 cm³/mol. The van der Waals surface area contributed by atoms with Gasteiger partial charge in [-0.2, -0.15) is 0 Å². The number of aliphatic hydroxyl groups excluding tert-OH is 1. The van der Waals surface area contributed by atoms with Crippen molar-refractivity contribution in [2.75, 3.05) is 0 Å². The van der Waals surface area contributed by atoms with Crippen LogP contribution in [-0.2, 0) is 0 Å². The topological polar surface area (TPSA) is 29.5 Å². The van der Waals surface area contributed by atoms with Crippen LogP contribution in [0.4, 0.5) is 0 Å². The molecule has 0 radical (unpaired) electrons. The van der Waals surface area contributed by atoms with Crippen LogP contribution in [0.3, 0.4) is 0 Å². The SMILES string of the molecule is CC(C)Oc1ccc(C(C)O)cc1. The smallest absolute Gasteiger partial charge is 0.119 e. The minimum absolute atomic E-state index is 0.192. The molecule has 0 bridgehead atoms. The molecule has 0 spiro atoms. The maximum Gasteiger partial charge on any atom is 0.119 e. The highest BCUT2D eigenvalue weighted by Crippen LogP contribution is 2.17. The molecule has 2 nitrogen and oxygen atoms in total. The zero-order chi connectivity index (χ0) is 9.84. The molecule has 1 N–H and O–H groups in total. The largest absolute Gasteiger partial charge is 0.491 e. The van der Waals surface area contributed by atoms with Crippen molar-refractivity contribution in [3.05, 3.63) is 29.8 Å². The van der Waals surface area contributed by atoms with Gasteiger partial charge in [0.05, 0.1) is 12.2 Å². The summed E-state index contributed by atoms with van der Waals surface area (Å²) in [5, 5.41) is 9.26. The molecule has 1 aromatic rings. The third-order valence-corrected chi connectivity index (χ3v) is 1.73. The average molecular weight is 180 g/mol. The highest BCUT2D eigenvalue weighted by atomic mass is 16.5. The Balaban J connectivity index is 2.70. The third kappa shape index (κ3) is 3.07. The number of hydrogen-bond donors (Lipinski definition) is 1. The zero-order valence-electron chi connectivity index (χ0n) is 8.32. The van der Waals surface area contributed by atoms with Crippen LogP contribution in [0.5, 0.6) is 5.75 Å². The van der Waals surface area contributed by atoms with Crippen molar-refractivity contribution in [3.8, 4) is 5.75 Å². The lowest BCUT2D eigenvalue weighted by atomic mass is 10.1. The monoisotopic (exact) mass is 180 g/mol. The average Bonchev–Trinajstić information content (AvgIpc) is 2.04. The minimum atomic E-state index is -0.409. The Morgan fingerprint density at radius 3 is 2.00 bits per heavy atom. The van der Waals surface area contributed by atoms with Crippen molar-refractivity contribution >= 4 is 0 Å². The Hall–Kier alpha value is -1.02. The van der Waals surface area contributed by atoms with E-state index in [-0.39, 0.29) is 6.10 Å². The summed E-state index contributed by atoms with van der Waals surface area (Å²) in [5.74, 6) is 0.847. The van der Waals surface area contributed by atoms with Gasteiger partial charge in [0, 0.05) is 0 Å². The van der Waals surface area contributed by atoms with E-state index in [1.54, 1.807) is 6.92 Å². The first-order valence-electron chi connectivity index (χ1n) is 4.54. The summed E-state index contributed by atoms with van der Waals surface area (Å²) in [6.45, 7) is 5.73. The first-order chi connectivity index (χ1) is 6.09. The van der Waals surface area contributed by atoms with Crippen molar-refractivity contribution in [1.82, 2.24) is 0 Å². The van der Waals surface area contributed by atoms with Crippen molar-refractivity contribution in [2.24, 2.45) is 0 Å². The summed E-state index contributed by atoms with van der Waals surface area (Å²) in [6, 6.07) is 7.51. The Morgan fingerprint density at radius 2 is 1.62 bits per heavy atom. The second-order valence-corrected chi connectivity index (χ2v) is 3.41. The van der Waals surface area contributed by atoms with E-state index in [2.05, 4.69) is 0 Å². The molecule has 2 heteroatoms. The van der Waals surface area contributed by atoms with E-state index in [4.69, 9.17) is 4.74 Å². The van der Waals surface area contributed by atoms with E-state index in [0.717, 1.165) is 11.3 Å². The fraction of sp³-hybridized carbons (Fsp3) is 0.455. The number of ether oxygens (including phenoxy) is 1. The van der Waals surface area contributed by atoms with Gasteiger partial charge in [-0.25, -0.2) is 0 Å². The molecule has 0 aliphatic heterocycles. The minimum Gasteiger partial charge on any atom is -0.491 e. The molecule has 72 valence electrons. The normalized spacial score (nSPS) is 13.0. The Morgan fingerprint density at radius 1 is 1.08 bits per heavy atom. The third-order valence-electron chi connectivity index (χ3n) is 1.73. The van der Waals surface area contributed by atoms with Gasteiger partial charge in [0.15, 0.2) is 0 Å². The summed E-state index contributed by atoms with van der Waals surface area (Å²) < 4.78 is 5.47. The molecular formula is C11H16O2. The van der Waals surface area contributed by atoms with E-state index >= 15 is 0 Å². The number of hydrogen-bond acceptors (Lipinski definition) is 2. The Labute approximate surface area is 79.2 Å². The summed E-state index contributed by atoms with van der Waals surface area (Å²) in [5.41, 5.74) is 0.913. The van der Waals surface area contributed by atoms with Gasteiger partial charge in [-0.15, -0.1) is 0 Å². The molecule has 1 unspecified atom stereocenters. The number of benzene rings is 1. The highest BCUT2D eigenvalue weighted by Gasteiger charge is 2.01. The fourth-order valence-corrected chi connectivity index (χ4v) is 1.10. The molecule has 0 amide bonds. The summed E-state index contributed by atoms with van der Waals surface area (Å²) >= 11 is 0. The van der Waals surface area contributed by atoms with Crippen LogP contribution in [0.15, 0.2) is 24.3 Å². The number of rotatable bonds is 3. The lowest BCUT2D eigenvalue weighted by molar-refractivity contribution is 0.199. The van der Waals surface area contributed by atoms with Gasteiger partial charge >= 0.3 is 0 Å². The highest BCUT2D eigenvalue weighted by molar-refractivity contribution is 5.28. The van der Waals surface area contributed by atoms with Gasteiger partial charge in [0.2, 0.25) is 0 Å². The van der Waals surface area contributed by atoms with Crippen LogP contribution < -0.4 is 4.74 Å². The zero-order valence-corrected chi connectivity index (χ0v) is 8.32. The predicted octanol–water partition coefficient (Wildman–Crippen LogP) is 2.53. The van der Waals surface area contributed by atoms with Crippen LogP contribution in [0.1, 0.15) is 32.4 Å². The summed E-state index contributed by atoms with van der Waals surface area (Å²) in [6.07, 6.45) is -0.217. The van der Waals surface area contributed by atoms with Gasteiger partial charge in [0.25, 0.3) is 0 Å². The van der Waals surface area contributed by atoms with Crippen molar-refractivity contribution < 1.29 is 9.84 Å². The number of aliphatic hydroxyl groups is 1. The van der Waals surface area contributed by atoms with Gasteiger partial charge in [0.1, 0.15) is 5.75 Å². The van der Waals surface area contributed by atoms with Gasteiger partial charge in [-0.05, 0) is 38.5 Å². The summed E-state index contributed by atoms with van der Waals surface area (Å²) in [4.78, 5) is 0. The van der Waals surface area contributed by atoms with E-state index in [0.29, 0.717) is 0 Å². The second-order valence-electron chi connectivity index (χ2n) is 3.41. The molecule has 0 aliphatic rings. The molecular weight excluding hydrogens is 164 g/mol. The van der Waals surface area contributed by atoms with Crippen LogP contribution in [-0.4, -0.2) is 11.2 Å². The Kier molecular flexibility index (Phi) is 3.32. The van der Waals surface area contributed by atoms with Crippen LogP contribution in [0, 0.1) is 0 Å². The molecule has 0 saturated carbocycles.